The zero-order valence-electron chi connectivity index (χ0n) is 17.7. The van der Waals surface area contributed by atoms with Crippen LogP contribution in [0.15, 0.2) is 71.8 Å². The zero-order chi connectivity index (χ0) is 23.6. The molecule has 0 bridgehead atoms. The van der Waals surface area contributed by atoms with E-state index in [1.54, 1.807) is 24.3 Å². The summed E-state index contributed by atoms with van der Waals surface area (Å²) in [6, 6.07) is 19.2. The first-order valence-electron chi connectivity index (χ1n) is 9.78. The lowest BCUT2D eigenvalue weighted by atomic mass is 10.2. The number of amides is 1. The molecule has 0 aliphatic carbocycles. The number of aliphatic carboxylic acids is 1. The van der Waals surface area contributed by atoms with Crippen LogP contribution in [0.4, 0.5) is 0 Å². The van der Waals surface area contributed by atoms with Gasteiger partial charge in [0.05, 0.1) is 18.3 Å². The van der Waals surface area contributed by atoms with E-state index in [-0.39, 0.29) is 10.8 Å². The molecule has 0 aliphatic rings. The van der Waals surface area contributed by atoms with Crippen molar-refractivity contribution < 1.29 is 28.9 Å². The van der Waals surface area contributed by atoms with Crippen molar-refractivity contribution in [1.82, 2.24) is 5.43 Å². The third-order valence-corrected chi connectivity index (χ3v) is 4.65. The number of benzene rings is 3. The maximum absolute atomic E-state index is 12.4. The maximum Gasteiger partial charge on any atom is 0.341 e. The molecule has 0 fully saturated rings. The Morgan fingerprint density at radius 3 is 2.45 bits per heavy atom. The van der Waals surface area contributed by atoms with Crippen LogP contribution in [0, 0.1) is 0 Å². The highest BCUT2D eigenvalue weighted by Crippen LogP contribution is 2.29. The number of carbonyl (C=O) groups excluding carboxylic acids is 1. The van der Waals surface area contributed by atoms with Gasteiger partial charge in [-0.2, -0.15) is 5.10 Å². The lowest BCUT2D eigenvalue weighted by Gasteiger charge is -2.12. The number of ether oxygens (including phenoxy) is 3. The molecule has 33 heavy (non-hydrogen) atoms. The van der Waals surface area contributed by atoms with Crippen molar-refractivity contribution in [2.75, 3.05) is 13.7 Å². The summed E-state index contributed by atoms with van der Waals surface area (Å²) < 4.78 is 16.2. The Bertz CT molecular complexity index is 1150. The summed E-state index contributed by atoms with van der Waals surface area (Å²) in [5.41, 5.74) is 4.37. The molecule has 0 aliphatic heterocycles. The third-order valence-electron chi connectivity index (χ3n) is 4.35. The Morgan fingerprint density at radius 1 is 1.00 bits per heavy atom. The molecule has 0 spiro atoms. The first-order valence-corrected chi connectivity index (χ1v) is 10.2. The normalized spacial score (nSPS) is 10.6. The Hall–Kier alpha value is -4.04. The van der Waals surface area contributed by atoms with Crippen molar-refractivity contribution >= 4 is 29.7 Å². The van der Waals surface area contributed by atoms with E-state index in [0.717, 1.165) is 5.56 Å². The molecule has 0 radical (unpaired) electrons. The van der Waals surface area contributed by atoms with Crippen molar-refractivity contribution in [3.63, 3.8) is 0 Å². The molecule has 0 unspecified atom stereocenters. The number of rotatable bonds is 10. The van der Waals surface area contributed by atoms with Crippen LogP contribution in [0.1, 0.15) is 21.5 Å². The van der Waals surface area contributed by atoms with E-state index in [9.17, 15) is 9.59 Å². The standard InChI is InChI=1S/C24H21ClN2O6/c1-31-22-12-18(8-10-21(22)32-14-16-5-3-2-4-6-16)24(30)27-26-13-17-7-9-20(19(25)11-17)33-15-23(28)29/h2-13H,14-15H2,1H3,(H,27,30)(H,28,29)/b26-13+. The number of nitrogens with one attached hydrogen (secondary N) is 1. The molecule has 2 N–H and O–H groups in total. The van der Waals surface area contributed by atoms with Gasteiger partial charge < -0.3 is 19.3 Å². The fourth-order valence-corrected chi connectivity index (χ4v) is 2.99. The molecule has 0 saturated carbocycles. The first-order chi connectivity index (χ1) is 16.0. The average molecular weight is 469 g/mol. The van der Waals surface area contributed by atoms with Gasteiger partial charge in [0.2, 0.25) is 0 Å². The second-order valence-electron chi connectivity index (χ2n) is 6.71. The van der Waals surface area contributed by atoms with E-state index in [1.807, 2.05) is 30.3 Å². The van der Waals surface area contributed by atoms with Gasteiger partial charge >= 0.3 is 5.97 Å². The number of hydrogen-bond donors (Lipinski definition) is 2. The second kappa shape index (κ2) is 11.5. The van der Waals surface area contributed by atoms with Crippen LogP contribution in [-0.2, 0) is 11.4 Å². The van der Waals surface area contributed by atoms with Gasteiger partial charge in [-0.1, -0.05) is 41.9 Å². The van der Waals surface area contributed by atoms with Crippen LogP contribution in [0.2, 0.25) is 5.02 Å². The average Bonchev–Trinajstić information content (AvgIpc) is 2.82. The molecular weight excluding hydrogens is 448 g/mol. The minimum atomic E-state index is -1.10. The molecule has 170 valence electrons. The van der Waals surface area contributed by atoms with E-state index in [4.69, 9.17) is 30.9 Å². The van der Waals surface area contributed by atoms with Gasteiger partial charge in [0.25, 0.3) is 5.91 Å². The van der Waals surface area contributed by atoms with Crippen LogP contribution in [0.25, 0.3) is 0 Å². The van der Waals surface area contributed by atoms with Crippen molar-refractivity contribution in [3.05, 3.63) is 88.4 Å². The molecule has 0 atom stereocenters. The monoisotopic (exact) mass is 468 g/mol. The van der Waals surface area contributed by atoms with E-state index < -0.39 is 18.5 Å². The Labute approximate surface area is 195 Å². The van der Waals surface area contributed by atoms with E-state index in [0.29, 0.717) is 29.2 Å². The Balaban J connectivity index is 1.60. The number of carboxylic acid groups (broad SMARTS) is 1. The predicted molar refractivity (Wildman–Crippen MR) is 123 cm³/mol. The highest BCUT2D eigenvalue weighted by atomic mass is 35.5. The van der Waals surface area contributed by atoms with Crippen LogP contribution in [0.5, 0.6) is 17.2 Å². The fraction of sp³-hybridized carbons (Fsp3) is 0.125. The number of hydrogen-bond acceptors (Lipinski definition) is 6. The molecule has 0 aromatic heterocycles. The quantitative estimate of drug-likeness (QED) is 0.342. The summed E-state index contributed by atoms with van der Waals surface area (Å²) in [7, 11) is 1.50. The van der Waals surface area contributed by atoms with Gasteiger partial charge in [-0.15, -0.1) is 0 Å². The lowest BCUT2D eigenvalue weighted by Crippen LogP contribution is -2.17. The van der Waals surface area contributed by atoms with Crippen LogP contribution >= 0.6 is 11.6 Å². The summed E-state index contributed by atoms with van der Waals surface area (Å²) in [4.78, 5) is 23.0. The van der Waals surface area contributed by atoms with E-state index in [2.05, 4.69) is 10.5 Å². The minimum Gasteiger partial charge on any atom is -0.493 e. The number of carboxylic acids is 1. The van der Waals surface area contributed by atoms with Gasteiger partial charge in [-0.3, -0.25) is 4.79 Å². The van der Waals surface area contributed by atoms with Crippen LogP contribution in [-0.4, -0.2) is 36.9 Å². The van der Waals surface area contributed by atoms with Gasteiger partial charge in [-0.05, 0) is 47.5 Å². The highest BCUT2D eigenvalue weighted by molar-refractivity contribution is 6.32. The fourth-order valence-electron chi connectivity index (χ4n) is 2.75. The summed E-state index contributed by atoms with van der Waals surface area (Å²) in [6.07, 6.45) is 1.40. The summed E-state index contributed by atoms with van der Waals surface area (Å²) in [5, 5.41) is 12.8. The van der Waals surface area contributed by atoms with Gasteiger partial charge in [-0.25, -0.2) is 10.2 Å². The largest absolute Gasteiger partial charge is 0.493 e. The molecule has 3 rings (SSSR count). The SMILES string of the molecule is COc1cc(C(=O)N/N=C/c2ccc(OCC(=O)O)c(Cl)c2)ccc1OCc1ccccc1. The van der Waals surface area contributed by atoms with Crippen molar-refractivity contribution in [2.45, 2.75) is 6.61 Å². The molecule has 3 aromatic rings. The molecule has 0 saturated heterocycles. The van der Waals surface area contributed by atoms with Gasteiger partial charge in [0, 0.05) is 5.56 Å². The molecule has 3 aromatic carbocycles. The van der Waals surface area contributed by atoms with Crippen molar-refractivity contribution in [2.24, 2.45) is 5.10 Å². The van der Waals surface area contributed by atoms with Gasteiger partial charge in [0.1, 0.15) is 12.4 Å². The number of methoxy groups -OCH3 is 1. The molecular formula is C24H21ClN2O6. The lowest BCUT2D eigenvalue weighted by molar-refractivity contribution is -0.139. The summed E-state index contributed by atoms with van der Waals surface area (Å²) in [5.74, 6) is -0.368. The number of carbonyl (C=O) groups is 2. The van der Waals surface area contributed by atoms with E-state index >= 15 is 0 Å². The zero-order valence-corrected chi connectivity index (χ0v) is 18.4. The Kier molecular flexibility index (Phi) is 8.26. The number of nitrogens with zero attached hydrogens (tertiary/aromatic N) is 1. The number of halogens is 1. The third kappa shape index (κ3) is 6.98. The van der Waals surface area contributed by atoms with Crippen molar-refractivity contribution in [1.29, 1.82) is 0 Å². The molecule has 8 nitrogen and oxygen atoms in total. The Morgan fingerprint density at radius 2 is 1.76 bits per heavy atom. The second-order valence-corrected chi connectivity index (χ2v) is 7.12. The van der Waals surface area contributed by atoms with Gasteiger partial charge in [0.15, 0.2) is 18.1 Å². The summed E-state index contributed by atoms with van der Waals surface area (Å²) >= 11 is 6.07. The topological polar surface area (TPSA) is 106 Å². The summed E-state index contributed by atoms with van der Waals surface area (Å²) in [6.45, 7) is -0.126. The minimum absolute atomic E-state index is 0.224. The predicted octanol–water partition coefficient (Wildman–Crippen LogP) is 4.15. The van der Waals surface area contributed by atoms with Crippen LogP contribution < -0.4 is 19.6 Å². The van der Waals surface area contributed by atoms with E-state index in [1.165, 1.54) is 25.5 Å². The molecule has 1 amide bonds. The maximum atomic E-state index is 12.4. The van der Waals surface area contributed by atoms with Crippen LogP contribution in [0.3, 0.4) is 0 Å². The number of hydrazone groups is 1. The van der Waals surface area contributed by atoms with Crippen molar-refractivity contribution in [3.8, 4) is 17.2 Å². The molecule has 9 heteroatoms. The highest BCUT2D eigenvalue weighted by Gasteiger charge is 2.11. The molecule has 0 heterocycles. The first kappa shape index (κ1) is 23.6. The smallest absolute Gasteiger partial charge is 0.341 e.